The van der Waals surface area contributed by atoms with E-state index < -0.39 is 0 Å². The zero-order valence-corrected chi connectivity index (χ0v) is 15.7. The largest absolute Gasteiger partial charge is 0.384 e. The van der Waals surface area contributed by atoms with Gasteiger partial charge >= 0.3 is 0 Å². The number of aromatic nitrogens is 3. The molecule has 0 N–H and O–H groups in total. The zero-order chi connectivity index (χ0) is 17.9. The third kappa shape index (κ3) is 3.79. The molecule has 0 saturated carbocycles. The lowest BCUT2D eigenvalue weighted by Crippen LogP contribution is -2.47. The van der Waals surface area contributed by atoms with Gasteiger partial charge < -0.3 is 14.2 Å². The summed E-state index contributed by atoms with van der Waals surface area (Å²) in [6.07, 6.45) is 2.64. The Labute approximate surface area is 156 Å². The highest BCUT2D eigenvalue weighted by atomic mass is 32.1. The topological polar surface area (TPSA) is 84.6 Å². The number of nitrogens with zero attached hydrogens (tertiary/aromatic N) is 5. The number of fused-ring (bicyclic) bond motifs is 4. The highest BCUT2D eigenvalue weighted by Gasteiger charge is 2.41. The van der Waals surface area contributed by atoms with E-state index in [2.05, 4.69) is 20.0 Å². The van der Waals surface area contributed by atoms with Gasteiger partial charge in [-0.25, -0.2) is 4.98 Å². The summed E-state index contributed by atoms with van der Waals surface area (Å²) < 4.78 is 10.4. The van der Waals surface area contributed by atoms with Crippen molar-refractivity contribution in [2.45, 2.75) is 38.4 Å². The minimum absolute atomic E-state index is 0.0447. The Hall–Kier alpha value is -1.84. The van der Waals surface area contributed by atoms with Gasteiger partial charge in [-0.15, -0.1) is 11.3 Å². The fraction of sp³-hybridized carbons (Fsp3) is 0.647. The van der Waals surface area contributed by atoms with Crippen molar-refractivity contribution >= 4 is 17.2 Å². The smallest absolute Gasteiger partial charge is 0.240 e. The number of methoxy groups -OCH3 is 1. The normalized spacial score (nSPS) is 23.6. The number of thiazole rings is 1. The molecular weight excluding hydrogens is 354 g/mol. The average molecular weight is 377 g/mol. The summed E-state index contributed by atoms with van der Waals surface area (Å²) in [7, 11) is 1.66. The maximum atomic E-state index is 12.9. The predicted octanol–water partition coefficient (Wildman–Crippen LogP) is 1.34. The molecule has 1 amide bonds. The molecule has 3 aliphatic rings. The van der Waals surface area contributed by atoms with E-state index in [9.17, 15) is 4.79 Å². The summed E-state index contributed by atoms with van der Waals surface area (Å²) in [5.74, 6) is 1.57. The maximum Gasteiger partial charge on any atom is 0.240 e. The van der Waals surface area contributed by atoms with Crippen molar-refractivity contribution in [1.82, 2.24) is 24.9 Å². The van der Waals surface area contributed by atoms with Crippen LogP contribution in [0.2, 0.25) is 0 Å². The molecule has 8 nitrogen and oxygen atoms in total. The summed E-state index contributed by atoms with van der Waals surface area (Å²) in [5, 5.41) is 6.02. The number of ether oxygens (including phenoxy) is 1. The molecule has 0 aromatic carbocycles. The molecule has 9 heteroatoms. The number of rotatable bonds is 7. The van der Waals surface area contributed by atoms with Crippen molar-refractivity contribution in [3.8, 4) is 0 Å². The van der Waals surface area contributed by atoms with Gasteiger partial charge in [0.1, 0.15) is 0 Å². The minimum atomic E-state index is 0.0447. The van der Waals surface area contributed by atoms with Crippen molar-refractivity contribution < 1.29 is 14.1 Å². The van der Waals surface area contributed by atoms with Gasteiger partial charge in [0.15, 0.2) is 5.82 Å². The second kappa shape index (κ2) is 7.81. The molecule has 0 spiro atoms. The average Bonchev–Trinajstić information content (AvgIpc) is 3.24. The first-order valence-electron chi connectivity index (χ1n) is 8.93. The summed E-state index contributed by atoms with van der Waals surface area (Å²) in [5.41, 5.74) is 2.79. The van der Waals surface area contributed by atoms with E-state index in [1.807, 2.05) is 15.8 Å². The van der Waals surface area contributed by atoms with Crippen LogP contribution in [-0.2, 0) is 29.0 Å². The highest BCUT2D eigenvalue weighted by molar-refractivity contribution is 7.07. The number of amides is 1. The third-order valence-corrected chi connectivity index (χ3v) is 5.72. The maximum absolute atomic E-state index is 12.9. The highest BCUT2D eigenvalue weighted by Crippen LogP contribution is 2.31. The Morgan fingerprint density at radius 1 is 1.35 bits per heavy atom. The minimum Gasteiger partial charge on any atom is -0.384 e. The fourth-order valence-electron chi connectivity index (χ4n) is 3.80. The number of carbonyl (C=O) groups excluding carboxylic acids is 1. The molecule has 2 atom stereocenters. The van der Waals surface area contributed by atoms with Crippen molar-refractivity contribution in [1.29, 1.82) is 0 Å². The zero-order valence-electron chi connectivity index (χ0n) is 14.8. The molecule has 2 bridgehead atoms. The first-order chi connectivity index (χ1) is 12.7. The Balaban J connectivity index is 1.42. The van der Waals surface area contributed by atoms with Crippen LogP contribution in [0.4, 0.5) is 0 Å². The van der Waals surface area contributed by atoms with E-state index in [1.165, 1.54) is 0 Å². The van der Waals surface area contributed by atoms with Gasteiger partial charge in [-0.1, -0.05) is 5.16 Å². The molecule has 2 aromatic rings. The molecule has 0 radical (unpaired) electrons. The number of piperidine rings is 1. The van der Waals surface area contributed by atoms with Crippen LogP contribution in [0, 0.1) is 5.92 Å². The quantitative estimate of drug-likeness (QED) is 0.720. The molecule has 26 heavy (non-hydrogen) atoms. The lowest BCUT2D eigenvalue weighted by molar-refractivity contribution is -0.140. The molecule has 3 saturated heterocycles. The number of hydrogen-bond donors (Lipinski definition) is 0. The van der Waals surface area contributed by atoms with E-state index >= 15 is 0 Å². The van der Waals surface area contributed by atoms with E-state index in [0.717, 1.165) is 31.6 Å². The molecule has 0 unspecified atom stereocenters. The summed E-state index contributed by atoms with van der Waals surface area (Å²) in [6.45, 7) is 3.36. The van der Waals surface area contributed by atoms with Crippen molar-refractivity contribution in [3.05, 3.63) is 28.3 Å². The van der Waals surface area contributed by atoms with Gasteiger partial charge in [0.25, 0.3) is 0 Å². The lowest BCUT2D eigenvalue weighted by atomic mass is 9.94. The lowest BCUT2D eigenvalue weighted by Gasteiger charge is -2.35. The Bertz CT molecular complexity index is 735. The van der Waals surface area contributed by atoms with Gasteiger partial charge in [-0.05, 0) is 12.8 Å². The van der Waals surface area contributed by atoms with Gasteiger partial charge in [0, 0.05) is 38.0 Å². The van der Waals surface area contributed by atoms with Crippen LogP contribution in [0.15, 0.2) is 15.4 Å². The van der Waals surface area contributed by atoms with Crippen molar-refractivity contribution in [3.63, 3.8) is 0 Å². The van der Waals surface area contributed by atoms with Crippen molar-refractivity contribution in [2.75, 3.05) is 26.8 Å². The van der Waals surface area contributed by atoms with Crippen LogP contribution < -0.4 is 0 Å². The molecule has 0 aliphatic carbocycles. The van der Waals surface area contributed by atoms with E-state index in [4.69, 9.17) is 9.26 Å². The van der Waals surface area contributed by atoms with Crippen LogP contribution >= 0.6 is 11.3 Å². The van der Waals surface area contributed by atoms with Crippen LogP contribution in [0.25, 0.3) is 0 Å². The third-order valence-electron chi connectivity index (χ3n) is 5.08. The Morgan fingerprint density at radius 2 is 2.27 bits per heavy atom. The second-order valence-corrected chi connectivity index (χ2v) is 7.63. The van der Waals surface area contributed by atoms with Gasteiger partial charge in [0.05, 0.1) is 36.8 Å². The molecule has 3 fully saturated rings. The van der Waals surface area contributed by atoms with Gasteiger partial charge in [-0.2, -0.15) is 4.98 Å². The van der Waals surface area contributed by atoms with Crippen molar-refractivity contribution in [2.24, 2.45) is 5.92 Å². The van der Waals surface area contributed by atoms with Gasteiger partial charge in [-0.3, -0.25) is 9.69 Å². The number of hydrogen-bond acceptors (Lipinski definition) is 8. The Morgan fingerprint density at radius 3 is 3.08 bits per heavy atom. The fourth-order valence-corrected chi connectivity index (χ4v) is 4.35. The molecule has 5 rings (SSSR count). The molecular formula is C17H23N5O3S. The van der Waals surface area contributed by atoms with E-state index in [-0.39, 0.29) is 17.9 Å². The summed E-state index contributed by atoms with van der Waals surface area (Å²) in [6, 6.07) is 0.221. The number of carbonyl (C=O) groups is 1. The molecule has 5 heterocycles. The molecule has 3 aliphatic heterocycles. The Kier molecular flexibility index (Phi) is 5.28. The molecule has 140 valence electrons. The second-order valence-electron chi connectivity index (χ2n) is 6.92. The predicted molar refractivity (Wildman–Crippen MR) is 94.3 cm³/mol. The van der Waals surface area contributed by atoms with Crippen LogP contribution in [0.1, 0.15) is 30.3 Å². The van der Waals surface area contributed by atoms with Gasteiger partial charge in [0.2, 0.25) is 11.8 Å². The van der Waals surface area contributed by atoms with E-state index in [1.54, 1.807) is 18.4 Å². The standard InChI is InChI=1S/C17H23N5O3S/c1-24-5-4-15-19-16(25-20-15)9-21-6-12-2-3-14(8-21)22(17(12)23)7-13-10-26-11-18-13/h10-12,14H,2-9H2,1H3/t12-,14+/m0/s1. The van der Waals surface area contributed by atoms with Crippen LogP contribution in [0.5, 0.6) is 0 Å². The van der Waals surface area contributed by atoms with Crippen LogP contribution in [-0.4, -0.2) is 63.7 Å². The SMILES string of the molecule is COCCc1noc(CN2C[C@@H]3CC[C@H](C2)N(Cc2cscn2)C3=O)n1. The van der Waals surface area contributed by atoms with E-state index in [0.29, 0.717) is 37.8 Å². The summed E-state index contributed by atoms with van der Waals surface area (Å²) >= 11 is 1.57. The first-order valence-corrected chi connectivity index (χ1v) is 9.87. The molecule has 2 aromatic heterocycles. The first kappa shape index (κ1) is 17.6. The monoisotopic (exact) mass is 377 g/mol. The van der Waals surface area contributed by atoms with Crippen LogP contribution in [0.3, 0.4) is 0 Å². The summed E-state index contributed by atoms with van der Waals surface area (Å²) in [4.78, 5) is 25.9.